The molecule has 0 spiro atoms. The molecule has 0 atom stereocenters. The number of hydrogen-bond acceptors (Lipinski definition) is 2. The second-order valence-corrected chi connectivity index (χ2v) is 2.46. The Morgan fingerprint density at radius 1 is 1.50 bits per heavy atom. The first-order chi connectivity index (χ1) is 3.65. The first-order valence-electron chi connectivity index (χ1n) is 2.61. The topological polar surface area (TPSA) is 26.0 Å². The number of nitrogens with two attached hydrogens (primary N) is 1. The fourth-order valence-corrected chi connectivity index (χ4v) is 0. The summed E-state index contributed by atoms with van der Waals surface area (Å²) < 4.78 is 0.0833. The van der Waals surface area contributed by atoms with Crippen LogP contribution in [0.5, 0.6) is 0 Å². The van der Waals surface area contributed by atoms with Gasteiger partial charge in [-0.3, -0.25) is 0 Å². The van der Waals surface area contributed by atoms with Gasteiger partial charge in [0.25, 0.3) is 0 Å². The number of unbranched alkanes of at least 4 members (excludes halogenated alkanes) is 1. The van der Waals surface area contributed by atoms with Gasteiger partial charge in [-0.05, 0) is 0 Å². The summed E-state index contributed by atoms with van der Waals surface area (Å²) in [5, 5.41) is 0. The Morgan fingerprint density at radius 2 is 1.62 bits per heavy atom. The van der Waals surface area contributed by atoms with Crippen molar-refractivity contribution in [1.82, 2.24) is 0 Å². The average Bonchev–Trinajstić information content (AvgIpc) is 1.65. The van der Waals surface area contributed by atoms with Crippen LogP contribution in [0.25, 0.3) is 0 Å². The lowest BCUT2D eigenvalue weighted by molar-refractivity contribution is 0.886. The zero-order chi connectivity index (χ0) is 6.99. The summed E-state index contributed by atoms with van der Waals surface area (Å²) in [6.45, 7) is 4.36. The lowest BCUT2D eigenvalue weighted by Gasteiger charge is -1.83. The van der Waals surface area contributed by atoms with Crippen LogP contribution in [0.15, 0.2) is 0 Å². The molecular formula is C5H12NS2-. The predicted molar refractivity (Wildman–Crippen MR) is 44.7 cm³/mol. The molecule has 0 bridgehead atoms. The minimum Gasteiger partial charge on any atom is -0.415 e. The van der Waals surface area contributed by atoms with Gasteiger partial charge in [-0.15, -0.1) is 0 Å². The van der Waals surface area contributed by atoms with Gasteiger partial charge < -0.3 is 30.6 Å². The van der Waals surface area contributed by atoms with Crippen LogP contribution < -0.4 is 5.73 Å². The third-order valence-corrected chi connectivity index (χ3v) is 0.500. The van der Waals surface area contributed by atoms with Gasteiger partial charge in [-0.2, -0.15) is 0 Å². The molecule has 0 aliphatic heterocycles. The van der Waals surface area contributed by atoms with Crippen molar-refractivity contribution >= 4 is 29.2 Å². The van der Waals surface area contributed by atoms with Crippen LogP contribution in [-0.4, -0.2) is 4.32 Å². The fourth-order valence-electron chi connectivity index (χ4n) is 0. The van der Waals surface area contributed by atoms with E-state index in [0.29, 0.717) is 0 Å². The molecule has 0 heterocycles. The Morgan fingerprint density at radius 3 is 1.62 bits per heavy atom. The lowest BCUT2D eigenvalue weighted by Crippen LogP contribution is -1.99. The second-order valence-electron chi connectivity index (χ2n) is 1.32. The molecule has 50 valence electrons. The van der Waals surface area contributed by atoms with E-state index in [9.17, 15) is 0 Å². The highest BCUT2D eigenvalue weighted by atomic mass is 32.1. The summed E-state index contributed by atoms with van der Waals surface area (Å²) in [4.78, 5) is 0. The molecule has 0 saturated carbocycles. The van der Waals surface area contributed by atoms with E-state index in [0.717, 1.165) is 0 Å². The van der Waals surface area contributed by atoms with E-state index < -0.39 is 0 Å². The lowest BCUT2D eigenvalue weighted by atomic mass is 10.4. The molecule has 0 fully saturated rings. The molecule has 0 aliphatic rings. The SMILES string of the molecule is CCCC.NC(=S)[S-]. The normalized spacial score (nSPS) is 6.75. The van der Waals surface area contributed by atoms with Crippen molar-refractivity contribution in [3.63, 3.8) is 0 Å². The fraction of sp³-hybridized carbons (Fsp3) is 0.800. The highest BCUT2D eigenvalue weighted by molar-refractivity contribution is 8.00. The van der Waals surface area contributed by atoms with Gasteiger partial charge in [-0.25, -0.2) is 0 Å². The molecule has 0 saturated heterocycles. The van der Waals surface area contributed by atoms with Crippen LogP contribution in [0, 0.1) is 0 Å². The van der Waals surface area contributed by atoms with Crippen molar-refractivity contribution in [3.05, 3.63) is 0 Å². The molecule has 0 aliphatic carbocycles. The first-order valence-corrected chi connectivity index (χ1v) is 3.43. The Balaban J connectivity index is 0. The minimum atomic E-state index is 0.0833. The highest BCUT2D eigenvalue weighted by Gasteiger charge is 1.56. The summed E-state index contributed by atoms with van der Waals surface area (Å²) >= 11 is 8.26. The van der Waals surface area contributed by atoms with Gasteiger partial charge in [0.1, 0.15) is 0 Å². The van der Waals surface area contributed by atoms with E-state index in [2.05, 4.69) is 44.4 Å². The van der Waals surface area contributed by atoms with E-state index in [1.807, 2.05) is 0 Å². The summed E-state index contributed by atoms with van der Waals surface area (Å²) in [6, 6.07) is 0. The van der Waals surface area contributed by atoms with Crippen molar-refractivity contribution in [2.45, 2.75) is 26.7 Å². The summed E-state index contributed by atoms with van der Waals surface area (Å²) in [6.07, 6.45) is 2.64. The molecule has 1 nitrogen and oxygen atoms in total. The molecule has 0 aromatic carbocycles. The van der Waals surface area contributed by atoms with Gasteiger partial charge in [0, 0.05) is 0 Å². The number of rotatable bonds is 1. The second kappa shape index (κ2) is 10.2. The number of thiocarbonyl (C=S) groups is 1. The van der Waals surface area contributed by atoms with Gasteiger partial charge in [0.05, 0.1) is 0 Å². The Labute approximate surface area is 62.1 Å². The third kappa shape index (κ3) is 129. The van der Waals surface area contributed by atoms with Gasteiger partial charge >= 0.3 is 0 Å². The van der Waals surface area contributed by atoms with Crippen LogP contribution in [-0.2, 0) is 12.6 Å². The Hall–Kier alpha value is 0.110. The van der Waals surface area contributed by atoms with Crippen LogP contribution >= 0.6 is 12.2 Å². The van der Waals surface area contributed by atoms with Crippen molar-refractivity contribution in [3.8, 4) is 0 Å². The van der Waals surface area contributed by atoms with E-state index in [-0.39, 0.29) is 4.32 Å². The quantitative estimate of drug-likeness (QED) is 0.454. The maximum atomic E-state index is 4.66. The van der Waals surface area contributed by atoms with E-state index in [4.69, 9.17) is 0 Å². The molecule has 0 aromatic heterocycles. The highest BCUT2D eigenvalue weighted by Crippen LogP contribution is 1.76. The molecular weight excluding hydrogens is 138 g/mol. The van der Waals surface area contributed by atoms with Crippen molar-refractivity contribution in [2.24, 2.45) is 5.73 Å². The molecule has 0 radical (unpaired) electrons. The van der Waals surface area contributed by atoms with Crippen LogP contribution in [0.2, 0.25) is 0 Å². The third-order valence-electron chi connectivity index (χ3n) is 0.500. The Kier molecular flexibility index (Phi) is 14.0. The monoisotopic (exact) mass is 150 g/mol. The van der Waals surface area contributed by atoms with Gasteiger partial charge in [0.15, 0.2) is 0 Å². The van der Waals surface area contributed by atoms with Crippen molar-refractivity contribution in [1.29, 1.82) is 0 Å². The van der Waals surface area contributed by atoms with Gasteiger partial charge in [0.2, 0.25) is 0 Å². The summed E-state index contributed by atoms with van der Waals surface area (Å²) in [7, 11) is 0. The van der Waals surface area contributed by atoms with E-state index >= 15 is 0 Å². The smallest absolute Gasteiger partial charge is 0.0564 e. The van der Waals surface area contributed by atoms with Crippen molar-refractivity contribution in [2.75, 3.05) is 0 Å². The maximum Gasteiger partial charge on any atom is -0.0564 e. The molecule has 0 amide bonds. The molecule has 3 heteroatoms. The molecule has 8 heavy (non-hydrogen) atoms. The van der Waals surface area contributed by atoms with Crippen molar-refractivity contribution < 1.29 is 0 Å². The van der Waals surface area contributed by atoms with Gasteiger partial charge in [-0.1, -0.05) is 31.0 Å². The maximum absolute atomic E-state index is 4.66. The first kappa shape index (κ1) is 11.0. The largest absolute Gasteiger partial charge is 0.415 e. The number of hydrogen-bond donors (Lipinski definition) is 1. The van der Waals surface area contributed by atoms with Crippen LogP contribution in [0.1, 0.15) is 26.7 Å². The zero-order valence-corrected chi connectivity index (χ0v) is 6.94. The zero-order valence-electron chi connectivity index (χ0n) is 5.31. The van der Waals surface area contributed by atoms with E-state index in [1.165, 1.54) is 12.8 Å². The predicted octanol–water partition coefficient (Wildman–Crippen LogP) is 1.58. The molecule has 2 N–H and O–H groups in total. The summed E-state index contributed by atoms with van der Waals surface area (Å²) in [5.74, 6) is 0. The van der Waals surface area contributed by atoms with Crippen LogP contribution in [0.3, 0.4) is 0 Å². The standard InChI is InChI=1S/C4H10.CH3NS2/c1-3-4-2;2-1(3)4/h3-4H2,1-2H3;(H3,2,3,4)/p-1. The Bertz CT molecular complexity index is 48.4. The molecule has 0 rings (SSSR count). The minimum absolute atomic E-state index is 0.0833. The molecule has 0 unspecified atom stereocenters. The van der Waals surface area contributed by atoms with E-state index in [1.54, 1.807) is 0 Å². The summed E-state index contributed by atoms with van der Waals surface area (Å²) in [5.41, 5.74) is 4.66. The average molecular weight is 150 g/mol. The molecule has 0 aromatic rings. The van der Waals surface area contributed by atoms with Crippen LogP contribution in [0.4, 0.5) is 0 Å².